The van der Waals surface area contributed by atoms with E-state index in [1.807, 2.05) is 0 Å². The summed E-state index contributed by atoms with van der Waals surface area (Å²) in [6.45, 7) is 0.699. The second-order valence-electron chi connectivity index (χ2n) is 7.56. The normalized spacial score (nSPS) is 27.4. The van der Waals surface area contributed by atoms with Crippen LogP contribution in [0.25, 0.3) is 0 Å². The van der Waals surface area contributed by atoms with E-state index in [-0.39, 0.29) is 29.7 Å². The fourth-order valence-corrected chi connectivity index (χ4v) is 5.66. The number of fused-ring (bicyclic) bond motifs is 2. The molecule has 0 bridgehead atoms. The van der Waals surface area contributed by atoms with Crippen LogP contribution in [0.3, 0.4) is 0 Å². The van der Waals surface area contributed by atoms with Gasteiger partial charge in [-0.05, 0) is 31.4 Å². The lowest BCUT2D eigenvalue weighted by Crippen LogP contribution is -2.68. The van der Waals surface area contributed by atoms with Gasteiger partial charge in [-0.15, -0.1) is 0 Å². The minimum Gasteiger partial charge on any atom is -0.464 e. The van der Waals surface area contributed by atoms with E-state index < -0.39 is 35.1 Å². The fourth-order valence-electron chi connectivity index (χ4n) is 4.26. The number of ether oxygens (including phenoxy) is 3. The molecule has 4 aliphatic rings. The number of thioether (sulfide) groups is 1. The third-order valence-corrected chi connectivity index (χ3v) is 7.11. The van der Waals surface area contributed by atoms with E-state index in [1.165, 1.54) is 23.8 Å². The number of carbonyl (C=O) groups excluding carboxylic acids is 4. The smallest absolute Gasteiger partial charge is 0.355 e. The third kappa shape index (κ3) is 3.08. The second kappa shape index (κ2) is 7.77. The number of esters is 1. The molecule has 10 heteroatoms. The molecule has 5 rings (SSSR count). The molecule has 9 nitrogen and oxygen atoms in total. The molecule has 2 saturated heterocycles. The van der Waals surface area contributed by atoms with Crippen LogP contribution >= 0.6 is 11.8 Å². The highest BCUT2D eigenvalue weighted by molar-refractivity contribution is 8.04. The highest BCUT2D eigenvalue weighted by Gasteiger charge is 2.62. The Hall–Kier alpha value is -2.69. The second-order valence-corrected chi connectivity index (χ2v) is 8.77. The monoisotopic (exact) mass is 444 g/mol. The average Bonchev–Trinajstić information content (AvgIpc) is 3.26. The van der Waals surface area contributed by atoms with Gasteiger partial charge in [0.15, 0.2) is 6.29 Å². The molecule has 4 heterocycles. The predicted octanol–water partition coefficient (Wildman–Crippen LogP) is 1.49. The summed E-state index contributed by atoms with van der Waals surface area (Å²) < 4.78 is 16.3. The third-order valence-electron chi connectivity index (χ3n) is 5.80. The number of imide groups is 1. The summed E-state index contributed by atoms with van der Waals surface area (Å²) in [7, 11) is 1.24. The Kier molecular flexibility index (Phi) is 5.07. The van der Waals surface area contributed by atoms with Gasteiger partial charge in [0, 0.05) is 11.5 Å². The quantitative estimate of drug-likeness (QED) is 0.382. The first-order valence-electron chi connectivity index (χ1n) is 10.0. The number of methoxy groups -OCH3 is 1. The van der Waals surface area contributed by atoms with Gasteiger partial charge in [-0.1, -0.05) is 23.9 Å². The molecule has 0 saturated carbocycles. The molecular formula is C21H20N2O7S. The lowest BCUT2D eigenvalue weighted by molar-refractivity contribution is -0.157. The van der Waals surface area contributed by atoms with Gasteiger partial charge in [0.1, 0.15) is 17.1 Å². The molecule has 31 heavy (non-hydrogen) atoms. The molecule has 162 valence electrons. The molecule has 0 radical (unpaired) electrons. The zero-order valence-electron chi connectivity index (χ0n) is 16.7. The first kappa shape index (κ1) is 20.2. The van der Waals surface area contributed by atoms with Crippen LogP contribution in [0.4, 0.5) is 0 Å². The van der Waals surface area contributed by atoms with Crippen LogP contribution in [0, 0.1) is 0 Å². The number of amides is 3. The van der Waals surface area contributed by atoms with Crippen LogP contribution in [0.5, 0.6) is 0 Å². The van der Waals surface area contributed by atoms with Gasteiger partial charge >= 0.3 is 5.97 Å². The van der Waals surface area contributed by atoms with Crippen molar-refractivity contribution in [1.82, 2.24) is 9.80 Å². The largest absolute Gasteiger partial charge is 0.464 e. The summed E-state index contributed by atoms with van der Waals surface area (Å²) in [5, 5.41) is -0.588. The summed E-state index contributed by atoms with van der Waals surface area (Å²) in [5.74, 6) is -2.15. The zero-order chi connectivity index (χ0) is 21.7. The number of hydrogen-bond acceptors (Lipinski definition) is 8. The van der Waals surface area contributed by atoms with Crippen molar-refractivity contribution < 1.29 is 33.4 Å². The molecule has 0 N–H and O–H groups in total. The molecule has 0 spiro atoms. The highest BCUT2D eigenvalue weighted by Crippen LogP contribution is 2.49. The van der Waals surface area contributed by atoms with Crippen LogP contribution in [0.1, 0.15) is 40.0 Å². The van der Waals surface area contributed by atoms with Gasteiger partial charge in [0.05, 0.1) is 24.8 Å². The standard InChI is InChI=1S/C21H20N2O7S/c1-28-21(27)15-13(10-30-14-8-4-5-9-29-14)31-20-16(19(26)23(15)20)22-17(24)11-6-2-3-7-12(11)18(22)25/h2-3,6-7,14,16,20H,4-5,8-10H2,1H3/t14?,16-,20+/m1/s1. The Balaban J connectivity index is 1.37. The van der Waals surface area contributed by atoms with E-state index in [4.69, 9.17) is 14.2 Å². The number of hydrogen-bond donors (Lipinski definition) is 0. The van der Waals surface area contributed by atoms with Gasteiger partial charge in [-0.2, -0.15) is 0 Å². The maximum Gasteiger partial charge on any atom is 0.355 e. The number of benzene rings is 1. The molecule has 1 unspecified atom stereocenters. The number of carbonyl (C=O) groups is 4. The van der Waals surface area contributed by atoms with Crippen molar-refractivity contribution in [2.24, 2.45) is 0 Å². The minimum absolute atomic E-state index is 0.0783. The van der Waals surface area contributed by atoms with Gasteiger partial charge in [-0.25, -0.2) is 4.79 Å². The Morgan fingerprint density at radius 1 is 1.13 bits per heavy atom. The van der Waals surface area contributed by atoms with Crippen LogP contribution in [0.2, 0.25) is 0 Å². The van der Waals surface area contributed by atoms with E-state index in [1.54, 1.807) is 24.3 Å². The Bertz CT molecular complexity index is 982. The highest BCUT2D eigenvalue weighted by atomic mass is 32.2. The van der Waals surface area contributed by atoms with Crippen molar-refractivity contribution in [2.45, 2.75) is 37.0 Å². The Morgan fingerprint density at radius 3 is 2.45 bits per heavy atom. The van der Waals surface area contributed by atoms with Crippen molar-refractivity contribution in [3.8, 4) is 0 Å². The topological polar surface area (TPSA) is 102 Å². The molecule has 4 aliphatic heterocycles. The van der Waals surface area contributed by atoms with Crippen LogP contribution in [-0.4, -0.2) is 71.5 Å². The van der Waals surface area contributed by atoms with Gasteiger partial charge in [0.2, 0.25) is 0 Å². The zero-order valence-corrected chi connectivity index (χ0v) is 17.6. The van der Waals surface area contributed by atoms with Crippen molar-refractivity contribution >= 4 is 35.5 Å². The van der Waals surface area contributed by atoms with E-state index in [2.05, 4.69) is 0 Å². The summed E-state index contributed by atoms with van der Waals surface area (Å²) in [6.07, 6.45) is 2.37. The summed E-state index contributed by atoms with van der Waals surface area (Å²) in [5.41, 5.74) is 0.660. The van der Waals surface area contributed by atoms with E-state index in [9.17, 15) is 19.2 Å². The lowest BCUT2D eigenvalue weighted by atomic mass is 10.0. The van der Waals surface area contributed by atoms with Gasteiger partial charge in [-0.3, -0.25) is 24.2 Å². The average molecular weight is 444 g/mol. The molecule has 1 aromatic rings. The summed E-state index contributed by atoms with van der Waals surface area (Å²) in [4.78, 5) is 53.9. The molecular weight excluding hydrogens is 424 g/mol. The lowest BCUT2D eigenvalue weighted by Gasteiger charge is -2.45. The molecule has 1 aromatic carbocycles. The Labute approximate surface area is 182 Å². The van der Waals surface area contributed by atoms with Crippen molar-refractivity contribution in [3.05, 3.63) is 46.0 Å². The van der Waals surface area contributed by atoms with E-state index in [0.717, 1.165) is 24.2 Å². The summed E-state index contributed by atoms with van der Waals surface area (Å²) >= 11 is 1.24. The van der Waals surface area contributed by atoms with E-state index in [0.29, 0.717) is 11.5 Å². The fraction of sp³-hybridized carbons (Fsp3) is 0.429. The van der Waals surface area contributed by atoms with Gasteiger partial charge < -0.3 is 14.2 Å². The predicted molar refractivity (Wildman–Crippen MR) is 108 cm³/mol. The van der Waals surface area contributed by atoms with Crippen molar-refractivity contribution in [3.63, 3.8) is 0 Å². The minimum atomic E-state index is -0.986. The SMILES string of the molecule is COC(=O)C1=C(COC2CCCCO2)S[C@H]2[C@H](N3C(=O)c4ccccc4C3=O)C(=O)N12. The van der Waals surface area contributed by atoms with Crippen molar-refractivity contribution in [1.29, 1.82) is 0 Å². The van der Waals surface area contributed by atoms with Crippen LogP contribution < -0.4 is 0 Å². The molecule has 3 amide bonds. The summed E-state index contributed by atoms with van der Waals surface area (Å²) in [6, 6.07) is 5.50. The molecule has 0 aliphatic carbocycles. The Morgan fingerprint density at radius 2 is 1.84 bits per heavy atom. The first-order valence-corrected chi connectivity index (χ1v) is 10.9. The number of rotatable bonds is 5. The van der Waals surface area contributed by atoms with Crippen LogP contribution in [0.15, 0.2) is 34.9 Å². The van der Waals surface area contributed by atoms with Crippen LogP contribution in [-0.2, 0) is 23.8 Å². The number of β-lactam (4-membered cyclic amide) rings is 1. The first-order chi connectivity index (χ1) is 15.0. The molecule has 3 atom stereocenters. The van der Waals surface area contributed by atoms with E-state index >= 15 is 0 Å². The molecule has 0 aromatic heterocycles. The number of nitrogens with zero attached hydrogens (tertiary/aromatic N) is 2. The molecule has 2 fully saturated rings. The maximum atomic E-state index is 13.0. The maximum absolute atomic E-state index is 13.0. The van der Waals surface area contributed by atoms with Crippen molar-refractivity contribution in [2.75, 3.05) is 20.3 Å². The van der Waals surface area contributed by atoms with Gasteiger partial charge in [0.25, 0.3) is 17.7 Å².